The van der Waals surface area contributed by atoms with Crippen LogP contribution in [0.3, 0.4) is 0 Å². The van der Waals surface area contributed by atoms with Gasteiger partial charge in [-0.1, -0.05) is 15.9 Å². The summed E-state index contributed by atoms with van der Waals surface area (Å²) in [7, 11) is 0. The average Bonchev–Trinajstić information content (AvgIpc) is 2.37. The van der Waals surface area contributed by atoms with Crippen molar-refractivity contribution in [3.8, 4) is 0 Å². The molecule has 0 fully saturated rings. The Labute approximate surface area is 124 Å². The Hall–Kier alpha value is -1.67. The van der Waals surface area contributed by atoms with Crippen LogP contribution in [0, 0.1) is 0 Å². The molecule has 6 nitrogen and oxygen atoms in total. The molecule has 3 N–H and O–H groups in total. The number of hydrazine groups is 1. The molecule has 0 atom stereocenters. The fourth-order valence-corrected chi connectivity index (χ4v) is 1.94. The highest BCUT2D eigenvalue weighted by Crippen LogP contribution is 2.13. The number of amides is 2. The number of anilines is 1. The lowest BCUT2D eigenvalue weighted by atomic mass is 10.3. The van der Waals surface area contributed by atoms with Crippen molar-refractivity contribution in [2.75, 3.05) is 11.9 Å². The second kappa shape index (κ2) is 5.98. The standard InChI is InChI=1S/C11H12BrN5OS/c1-7-6-17(11(18)15-14-7)16-10(19)13-9-4-2-8(12)3-5-9/h2-5H,6H2,1H3,(H,15,18)(H2,13,16,19). The quantitative estimate of drug-likeness (QED) is 0.720. The molecule has 1 aromatic carbocycles. The number of urea groups is 1. The summed E-state index contributed by atoms with van der Waals surface area (Å²) in [6.45, 7) is 2.20. The lowest BCUT2D eigenvalue weighted by Crippen LogP contribution is -2.55. The van der Waals surface area contributed by atoms with Gasteiger partial charge in [0.25, 0.3) is 0 Å². The van der Waals surface area contributed by atoms with Crippen LogP contribution in [-0.2, 0) is 0 Å². The maximum Gasteiger partial charge on any atom is 0.356 e. The van der Waals surface area contributed by atoms with Gasteiger partial charge in [-0.3, -0.25) is 5.43 Å². The van der Waals surface area contributed by atoms with E-state index in [1.165, 1.54) is 5.01 Å². The van der Waals surface area contributed by atoms with Crippen LogP contribution in [0.1, 0.15) is 6.92 Å². The molecule has 0 bridgehead atoms. The molecule has 0 unspecified atom stereocenters. The largest absolute Gasteiger partial charge is 0.356 e. The van der Waals surface area contributed by atoms with Gasteiger partial charge in [0.15, 0.2) is 5.11 Å². The van der Waals surface area contributed by atoms with E-state index in [2.05, 4.69) is 37.2 Å². The minimum absolute atomic E-state index is 0.340. The number of benzene rings is 1. The van der Waals surface area contributed by atoms with Gasteiger partial charge in [-0.05, 0) is 43.4 Å². The van der Waals surface area contributed by atoms with Crippen LogP contribution in [0.2, 0.25) is 0 Å². The lowest BCUT2D eigenvalue weighted by molar-refractivity contribution is 0.192. The van der Waals surface area contributed by atoms with Crippen LogP contribution in [0.25, 0.3) is 0 Å². The summed E-state index contributed by atoms with van der Waals surface area (Å²) in [4.78, 5) is 11.5. The van der Waals surface area contributed by atoms with Crippen molar-refractivity contribution in [1.82, 2.24) is 15.9 Å². The summed E-state index contributed by atoms with van der Waals surface area (Å²) >= 11 is 8.50. The van der Waals surface area contributed by atoms with E-state index in [4.69, 9.17) is 12.2 Å². The van der Waals surface area contributed by atoms with E-state index in [9.17, 15) is 4.79 Å². The summed E-state index contributed by atoms with van der Waals surface area (Å²) in [6.07, 6.45) is 0. The molecule has 2 amide bonds. The minimum Gasteiger partial charge on any atom is -0.331 e. The first kappa shape index (κ1) is 13.8. The first-order valence-corrected chi connectivity index (χ1v) is 6.68. The topological polar surface area (TPSA) is 68.8 Å². The molecule has 0 spiro atoms. The number of carbonyl (C=O) groups is 1. The Kier molecular flexibility index (Phi) is 4.33. The van der Waals surface area contributed by atoms with E-state index in [1.807, 2.05) is 31.2 Å². The molecule has 100 valence electrons. The molecule has 0 saturated carbocycles. The van der Waals surface area contributed by atoms with Crippen molar-refractivity contribution in [2.24, 2.45) is 5.10 Å². The van der Waals surface area contributed by atoms with E-state index >= 15 is 0 Å². The van der Waals surface area contributed by atoms with E-state index in [1.54, 1.807) is 0 Å². The molecular weight excluding hydrogens is 330 g/mol. The highest BCUT2D eigenvalue weighted by atomic mass is 79.9. The molecule has 8 heteroatoms. The van der Waals surface area contributed by atoms with Gasteiger partial charge >= 0.3 is 6.03 Å². The number of halogens is 1. The number of thiocarbonyl (C=S) groups is 1. The number of nitrogens with one attached hydrogen (secondary N) is 3. The molecule has 1 aliphatic heterocycles. The molecule has 19 heavy (non-hydrogen) atoms. The molecule has 1 aromatic rings. The maximum atomic E-state index is 11.5. The predicted octanol–water partition coefficient (Wildman–Crippen LogP) is 2.05. The Morgan fingerprint density at radius 2 is 2.16 bits per heavy atom. The third kappa shape index (κ3) is 3.90. The SMILES string of the molecule is CC1=NNC(=O)N(NC(=S)Nc2ccc(Br)cc2)C1. The molecule has 0 saturated heterocycles. The fourth-order valence-electron chi connectivity index (χ4n) is 1.44. The van der Waals surface area contributed by atoms with Gasteiger partial charge in [-0.25, -0.2) is 15.2 Å². The van der Waals surface area contributed by atoms with Gasteiger partial charge in [0.05, 0.1) is 12.3 Å². The van der Waals surface area contributed by atoms with Crippen LogP contribution in [-0.4, -0.2) is 28.4 Å². The van der Waals surface area contributed by atoms with E-state index in [-0.39, 0.29) is 6.03 Å². The lowest BCUT2D eigenvalue weighted by Gasteiger charge is -2.27. The monoisotopic (exact) mass is 341 g/mol. The Morgan fingerprint density at radius 1 is 1.47 bits per heavy atom. The minimum atomic E-state index is -0.342. The van der Waals surface area contributed by atoms with Crippen molar-refractivity contribution in [2.45, 2.75) is 6.92 Å². The molecule has 1 heterocycles. The maximum absolute atomic E-state index is 11.5. The molecule has 1 aliphatic rings. The summed E-state index contributed by atoms with van der Waals surface area (Å²) in [5, 5.41) is 8.52. The second-order valence-corrected chi connectivity index (χ2v) is 5.25. The zero-order chi connectivity index (χ0) is 13.8. The third-order valence-electron chi connectivity index (χ3n) is 2.31. The van der Waals surface area contributed by atoms with Crippen LogP contribution < -0.4 is 16.2 Å². The van der Waals surface area contributed by atoms with Gasteiger partial charge in [-0.15, -0.1) is 0 Å². The number of hydrogen-bond donors (Lipinski definition) is 3. The number of nitrogens with zero attached hydrogens (tertiary/aromatic N) is 2. The van der Waals surface area contributed by atoms with Crippen molar-refractivity contribution in [1.29, 1.82) is 0 Å². The van der Waals surface area contributed by atoms with Crippen LogP contribution in [0.15, 0.2) is 33.8 Å². The zero-order valence-electron chi connectivity index (χ0n) is 10.1. The number of hydrazone groups is 1. The Bertz CT molecular complexity index is 530. The Morgan fingerprint density at radius 3 is 2.84 bits per heavy atom. The normalized spacial score (nSPS) is 14.5. The van der Waals surface area contributed by atoms with Crippen LogP contribution >= 0.6 is 28.1 Å². The van der Waals surface area contributed by atoms with E-state index in [0.717, 1.165) is 15.9 Å². The van der Waals surface area contributed by atoms with Gasteiger partial charge in [0, 0.05) is 10.2 Å². The summed E-state index contributed by atoms with van der Waals surface area (Å²) < 4.78 is 0.985. The highest BCUT2D eigenvalue weighted by Gasteiger charge is 2.19. The van der Waals surface area contributed by atoms with E-state index < -0.39 is 0 Å². The van der Waals surface area contributed by atoms with Crippen molar-refractivity contribution in [3.63, 3.8) is 0 Å². The van der Waals surface area contributed by atoms with Crippen molar-refractivity contribution in [3.05, 3.63) is 28.7 Å². The zero-order valence-corrected chi connectivity index (χ0v) is 12.5. The van der Waals surface area contributed by atoms with Gasteiger partial charge < -0.3 is 5.32 Å². The molecule has 0 aliphatic carbocycles. The smallest absolute Gasteiger partial charge is 0.331 e. The number of carbonyl (C=O) groups excluding carboxylic acids is 1. The van der Waals surface area contributed by atoms with Crippen LogP contribution in [0.5, 0.6) is 0 Å². The summed E-state index contributed by atoms with van der Waals surface area (Å²) in [6, 6.07) is 7.21. The van der Waals surface area contributed by atoms with Gasteiger partial charge in [0.2, 0.25) is 0 Å². The molecule has 0 aromatic heterocycles. The predicted molar refractivity (Wildman–Crippen MR) is 81.8 cm³/mol. The van der Waals surface area contributed by atoms with E-state index in [0.29, 0.717) is 11.7 Å². The fraction of sp³-hybridized carbons (Fsp3) is 0.182. The third-order valence-corrected chi connectivity index (χ3v) is 3.04. The van der Waals surface area contributed by atoms with Gasteiger partial charge in [-0.2, -0.15) is 5.10 Å². The average molecular weight is 342 g/mol. The highest BCUT2D eigenvalue weighted by molar-refractivity contribution is 9.10. The molecular formula is C11H12BrN5OS. The van der Waals surface area contributed by atoms with Crippen LogP contribution in [0.4, 0.5) is 10.5 Å². The molecule has 2 rings (SSSR count). The first-order valence-electron chi connectivity index (χ1n) is 5.48. The number of rotatable bonds is 2. The Balaban J connectivity index is 1.92. The second-order valence-electron chi connectivity index (χ2n) is 3.92. The molecule has 0 radical (unpaired) electrons. The summed E-state index contributed by atoms with van der Waals surface area (Å²) in [5.74, 6) is 0. The summed E-state index contributed by atoms with van der Waals surface area (Å²) in [5.41, 5.74) is 6.82. The van der Waals surface area contributed by atoms with Gasteiger partial charge in [0.1, 0.15) is 0 Å². The number of hydrogen-bond acceptors (Lipinski definition) is 3. The van der Waals surface area contributed by atoms with Crippen molar-refractivity contribution >= 4 is 50.7 Å². The first-order chi connectivity index (χ1) is 9.04. The van der Waals surface area contributed by atoms with Crippen molar-refractivity contribution < 1.29 is 4.79 Å².